The summed E-state index contributed by atoms with van der Waals surface area (Å²) in [6, 6.07) is 23.5. The van der Waals surface area contributed by atoms with Crippen molar-refractivity contribution < 1.29 is 14.6 Å². The van der Waals surface area contributed by atoms with Crippen LogP contribution >= 0.6 is 0 Å². The van der Waals surface area contributed by atoms with E-state index in [0.29, 0.717) is 12.1 Å². The van der Waals surface area contributed by atoms with Crippen molar-refractivity contribution in [3.63, 3.8) is 0 Å². The summed E-state index contributed by atoms with van der Waals surface area (Å²) in [7, 11) is 1.63. The smallest absolute Gasteiger partial charge is 0.290 e. The maximum atomic E-state index is 13.2. The normalized spacial score (nSPS) is 16.2. The highest BCUT2D eigenvalue weighted by atomic mass is 16.5. The standard InChI is InChI=1S/C27H27NO3/c1-4-19-10-14-22(15-11-19)25-24(21-12-8-18(2)9-13-21)26(29)27(30)28(25)17-20-6-5-7-23(16-20)31-3/h5-16,25,29H,4,17H2,1-3H3/t25-/m0/s1. The summed E-state index contributed by atoms with van der Waals surface area (Å²) in [5.41, 5.74) is 5.79. The molecule has 0 saturated carbocycles. The summed E-state index contributed by atoms with van der Waals surface area (Å²) >= 11 is 0. The average Bonchev–Trinajstić information content (AvgIpc) is 3.05. The number of ether oxygens (including phenoxy) is 1. The van der Waals surface area contributed by atoms with Gasteiger partial charge in [0.05, 0.1) is 13.2 Å². The zero-order valence-corrected chi connectivity index (χ0v) is 18.1. The van der Waals surface area contributed by atoms with E-state index in [2.05, 4.69) is 31.2 Å². The van der Waals surface area contributed by atoms with Gasteiger partial charge in [0.1, 0.15) is 5.75 Å². The zero-order valence-electron chi connectivity index (χ0n) is 18.1. The van der Waals surface area contributed by atoms with Crippen molar-refractivity contribution in [2.45, 2.75) is 32.9 Å². The lowest BCUT2D eigenvalue weighted by Gasteiger charge is -2.28. The van der Waals surface area contributed by atoms with Gasteiger partial charge < -0.3 is 14.7 Å². The molecule has 0 aliphatic carbocycles. The van der Waals surface area contributed by atoms with Gasteiger partial charge in [0.15, 0.2) is 5.76 Å². The molecule has 0 saturated heterocycles. The van der Waals surface area contributed by atoms with Gasteiger partial charge in [-0.15, -0.1) is 0 Å². The van der Waals surface area contributed by atoms with Crippen LogP contribution in [0.15, 0.2) is 78.6 Å². The van der Waals surface area contributed by atoms with Crippen LogP contribution in [0.25, 0.3) is 5.57 Å². The van der Waals surface area contributed by atoms with Crippen LogP contribution in [0.5, 0.6) is 5.75 Å². The van der Waals surface area contributed by atoms with E-state index in [4.69, 9.17) is 4.74 Å². The molecule has 1 heterocycles. The molecular weight excluding hydrogens is 386 g/mol. The molecule has 3 aromatic rings. The first kappa shape index (κ1) is 20.7. The van der Waals surface area contributed by atoms with Crippen LogP contribution in [0, 0.1) is 6.92 Å². The molecule has 0 radical (unpaired) electrons. The highest BCUT2D eigenvalue weighted by Crippen LogP contribution is 2.44. The number of methoxy groups -OCH3 is 1. The van der Waals surface area contributed by atoms with Gasteiger partial charge in [0, 0.05) is 12.1 Å². The quantitative estimate of drug-likeness (QED) is 0.571. The molecule has 4 heteroatoms. The molecule has 0 unspecified atom stereocenters. The molecule has 0 fully saturated rings. The second kappa shape index (κ2) is 8.68. The van der Waals surface area contributed by atoms with Crippen LogP contribution < -0.4 is 4.74 Å². The molecule has 3 aromatic carbocycles. The molecule has 4 nitrogen and oxygen atoms in total. The van der Waals surface area contributed by atoms with Crippen molar-refractivity contribution in [2.24, 2.45) is 0 Å². The zero-order chi connectivity index (χ0) is 22.0. The Morgan fingerprint density at radius 3 is 2.32 bits per heavy atom. The fourth-order valence-corrected chi connectivity index (χ4v) is 4.09. The summed E-state index contributed by atoms with van der Waals surface area (Å²) in [5.74, 6) is 0.197. The number of carbonyl (C=O) groups excluding carboxylic acids is 1. The first-order valence-electron chi connectivity index (χ1n) is 10.5. The minimum atomic E-state index is -0.368. The second-order valence-corrected chi connectivity index (χ2v) is 7.91. The summed E-state index contributed by atoms with van der Waals surface area (Å²) in [5, 5.41) is 10.9. The Hall–Kier alpha value is -3.53. The largest absolute Gasteiger partial charge is 0.503 e. The number of hydrogen-bond donors (Lipinski definition) is 1. The number of rotatable bonds is 6. The number of carbonyl (C=O) groups is 1. The first-order valence-corrected chi connectivity index (χ1v) is 10.5. The maximum absolute atomic E-state index is 13.2. The average molecular weight is 414 g/mol. The van der Waals surface area contributed by atoms with Crippen molar-refractivity contribution in [1.82, 2.24) is 4.90 Å². The molecule has 1 aliphatic rings. The molecule has 4 rings (SSSR count). The molecule has 1 amide bonds. The number of benzene rings is 3. The van der Waals surface area contributed by atoms with Gasteiger partial charge in [-0.3, -0.25) is 4.79 Å². The SMILES string of the molecule is CCc1ccc([C@H]2C(c3ccc(C)cc3)=C(O)C(=O)N2Cc2cccc(OC)c2)cc1. The summed E-state index contributed by atoms with van der Waals surface area (Å²) < 4.78 is 5.34. The van der Waals surface area contributed by atoms with E-state index >= 15 is 0 Å². The minimum absolute atomic E-state index is 0.184. The van der Waals surface area contributed by atoms with Crippen LogP contribution in [0.1, 0.15) is 40.8 Å². The number of aliphatic hydroxyl groups is 1. The molecule has 158 valence electrons. The van der Waals surface area contributed by atoms with Crippen molar-refractivity contribution in [2.75, 3.05) is 7.11 Å². The topological polar surface area (TPSA) is 49.8 Å². The first-order chi connectivity index (χ1) is 15.0. The lowest BCUT2D eigenvalue weighted by molar-refractivity contribution is -0.130. The van der Waals surface area contributed by atoms with E-state index in [1.165, 1.54) is 5.56 Å². The van der Waals surface area contributed by atoms with Crippen molar-refractivity contribution in [3.8, 4) is 5.75 Å². The highest BCUT2D eigenvalue weighted by Gasteiger charge is 2.41. The van der Waals surface area contributed by atoms with E-state index in [1.54, 1.807) is 12.0 Å². The maximum Gasteiger partial charge on any atom is 0.290 e. The summed E-state index contributed by atoms with van der Waals surface area (Å²) in [6.07, 6.45) is 0.948. The molecule has 1 aliphatic heterocycles. The molecule has 0 bridgehead atoms. The van der Waals surface area contributed by atoms with Crippen molar-refractivity contribution in [3.05, 3.63) is 106 Å². The molecule has 31 heavy (non-hydrogen) atoms. The number of aliphatic hydroxyl groups excluding tert-OH is 1. The summed E-state index contributed by atoms with van der Waals surface area (Å²) in [6.45, 7) is 4.51. The predicted molar refractivity (Wildman–Crippen MR) is 123 cm³/mol. The third-order valence-electron chi connectivity index (χ3n) is 5.86. The Balaban J connectivity index is 1.79. The molecule has 0 spiro atoms. The van der Waals surface area contributed by atoms with E-state index in [9.17, 15) is 9.90 Å². The fourth-order valence-electron chi connectivity index (χ4n) is 4.09. The van der Waals surface area contributed by atoms with E-state index in [-0.39, 0.29) is 17.7 Å². The van der Waals surface area contributed by atoms with Gasteiger partial charge in [-0.05, 0) is 47.7 Å². The van der Waals surface area contributed by atoms with Gasteiger partial charge >= 0.3 is 0 Å². The van der Waals surface area contributed by atoms with Crippen molar-refractivity contribution in [1.29, 1.82) is 0 Å². The van der Waals surface area contributed by atoms with Gasteiger partial charge in [-0.25, -0.2) is 0 Å². The third kappa shape index (κ3) is 4.06. The Morgan fingerprint density at radius 2 is 1.68 bits per heavy atom. The van der Waals surface area contributed by atoms with Gasteiger partial charge in [-0.1, -0.05) is 73.2 Å². The van der Waals surface area contributed by atoms with Crippen LogP contribution in [0.2, 0.25) is 0 Å². The number of amides is 1. The van der Waals surface area contributed by atoms with Crippen LogP contribution in [0.3, 0.4) is 0 Å². The lowest BCUT2D eigenvalue weighted by Crippen LogP contribution is -2.29. The Bertz CT molecular complexity index is 1110. The van der Waals surface area contributed by atoms with Gasteiger partial charge in [0.25, 0.3) is 5.91 Å². The van der Waals surface area contributed by atoms with Crippen LogP contribution in [0.4, 0.5) is 0 Å². The van der Waals surface area contributed by atoms with E-state index in [0.717, 1.165) is 34.4 Å². The van der Waals surface area contributed by atoms with Gasteiger partial charge in [-0.2, -0.15) is 0 Å². The van der Waals surface area contributed by atoms with Crippen LogP contribution in [-0.4, -0.2) is 23.0 Å². The van der Waals surface area contributed by atoms with E-state index < -0.39 is 0 Å². The highest BCUT2D eigenvalue weighted by molar-refractivity contribution is 6.05. The third-order valence-corrected chi connectivity index (χ3v) is 5.86. The molecule has 0 aromatic heterocycles. The minimum Gasteiger partial charge on any atom is -0.503 e. The number of nitrogens with zero attached hydrogens (tertiary/aromatic N) is 1. The Labute approximate surface area is 183 Å². The Morgan fingerprint density at radius 1 is 0.968 bits per heavy atom. The number of aryl methyl sites for hydroxylation is 2. The number of hydrogen-bond acceptors (Lipinski definition) is 3. The Kier molecular flexibility index (Phi) is 5.81. The molecule has 1 N–H and O–H groups in total. The molecule has 1 atom stereocenters. The fraction of sp³-hybridized carbons (Fsp3) is 0.222. The molecular formula is C27H27NO3. The van der Waals surface area contributed by atoms with Gasteiger partial charge in [0.2, 0.25) is 0 Å². The summed E-state index contributed by atoms with van der Waals surface area (Å²) in [4.78, 5) is 14.9. The van der Waals surface area contributed by atoms with E-state index in [1.807, 2.05) is 55.5 Å². The van der Waals surface area contributed by atoms with Crippen LogP contribution in [-0.2, 0) is 17.8 Å². The second-order valence-electron chi connectivity index (χ2n) is 7.91. The predicted octanol–water partition coefficient (Wildman–Crippen LogP) is 5.62. The lowest BCUT2D eigenvalue weighted by atomic mass is 9.92. The van der Waals surface area contributed by atoms with Crippen molar-refractivity contribution >= 4 is 11.5 Å². The monoisotopic (exact) mass is 413 g/mol.